The Labute approximate surface area is 187 Å². The first-order valence-corrected chi connectivity index (χ1v) is 10.5. The number of aryl methyl sites for hydroxylation is 1. The molecule has 164 valence electrons. The molecule has 6 nitrogen and oxygen atoms in total. The van der Waals surface area contributed by atoms with Gasteiger partial charge in [-0.15, -0.1) is 0 Å². The number of halogens is 1. The van der Waals surface area contributed by atoms with Crippen LogP contribution in [-0.4, -0.2) is 60.9 Å². The lowest BCUT2D eigenvalue weighted by atomic mass is 9.94. The molecule has 0 spiro atoms. The number of nitrogens with zero attached hydrogens (tertiary/aromatic N) is 2. The van der Waals surface area contributed by atoms with E-state index in [1.807, 2.05) is 43.3 Å². The molecular weight excluding hydrogens is 416 g/mol. The smallest absolute Gasteiger partial charge is 0.295 e. The van der Waals surface area contributed by atoms with Gasteiger partial charge in [0.15, 0.2) is 0 Å². The van der Waals surface area contributed by atoms with Crippen LogP contribution >= 0.6 is 11.6 Å². The van der Waals surface area contributed by atoms with Crippen LogP contribution in [0.3, 0.4) is 0 Å². The Balaban J connectivity index is 2.15. The van der Waals surface area contributed by atoms with Gasteiger partial charge in [-0.25, -0.2) is 0 Å². The van der Waals surface area contributed by atoms with E-state index >= 15 is 0 Å². The lowest BCUT2D eigenvalue weighted by molar-refractivity contribution is -0.140. The minimum atomic E-state index is -0.699. The number of hydrogen-bond acceptors (Lipinski definition) is 5. The molecule has 0 radical (unpaired) electrons. The highest BCUT2D eigenvalue weighted by atomic mass is 35.5. The van der Waals surface area contributed by atoms with Crippen molar-refractivity contribution in [2.75, 3.05) is 34.3 Å². The van der Waals surface area contributed by atoms with Crippen molar-refractivity contribution >= 4 is 29.1 Å². The highest BCUT2D eigenvalue weighted by Crippen LogP contribution is 2.40. The second-order valence-corrected chi connectivity index (χ2v) is 8.15. The first-order chi connectivity index (χ1) is 14.8. The van der Waals surface area contributed by atoms with Crippen molar-refractivity contribution in [3.8, 4) is 5.75 Å². The summed E-state index contributed by atoms with van der Waals surface area (Å²) in [4.78, 5) is 29.4. The number of Topliss-reactive ketones (excluding diaryl/α,β-unsaturated/α-hetero) is 1. The monoisotopic (exact) mass is 442 g/mol. The third-order valence-electron chi connectivity index (χ3n) is 5.46. The van der Waals surface area contributed by atoms with E-state index in [4.69, 9.17) is 16.3 Å². The van der Waals surface area contributed by atoms with Gasteiger partial charge >= 0.3 is 0 Å². The van der Waals surface area contributed by atoms with E-state index < -0.39 is 17.7 Å². The predicted molar refractivity (Wildman–Crippen MR) is 121 cm³/mol. The Morgan fingerprint density at radius 3 is 2.42 bits per heavy atom. The Hall–Kier alpha value is -2.83. The number of ketones is 1. The van der Waals surface area contributed by atoms with Crippen LogP contribution in [0.15, 0.2) is 48.0 Å². The topological polar surface area (TPSA) is 70.1 Å². The van der Waals surface area contributed by atoms with E-state index in [0.29, 0.717) is 29.4 Å². The van der Waals surface area contributed by atoms with Crippen LogP contribution in [0.25, 0.3) is 5.76 Å². The number of methoxy groups -OCH3 is 1. The van der Waals surface area contributed by atoms with Crippen LogP contribution in [0, 0.1) is 0 Å². The van der Waals surface area contributed by atoms with Crippen molar-refractivity contribution in [2.24, 2.45) is 0 Å². The Bertz CT molecular complexity index is 1010. The molecule has 1 unspecified atom stereocenters. The van der Waals surface area contributed by atoms with Crippen molar-refractivity contribution in [3.63, 3.8) is 0 Å². The van der Waals surface area contributed by atoms with Crippen molar-refractivity contribution in [2.45, 2.75) is 19.4 Å². The molecule has 0 aromatic heterocycles. The molecule has 2 aromatic carbocycles. The van der Waals surface area contributed by atoms with Crippen LogP contribution in [0.4, 0.5) is 0 Å². The van der Waals surface area contributed by atoms with Gasteiger partial charge in [0, 0.05) is 18.7 Å². The quantitative estimate of drug-likeness (QED) is 0.400. The largest absolute Gasteiger partial charge is 0.507 e. The van der Waals surface area contributed by atoms with E-state index in [9.17, 15) is 14.7 Å². The Morgan fingerprint density at radius 2 is 1.84 bits per heavy atom. The number of benzene rings is 2. The molecule has 3 rings (SSSR count). The second kappa shape index (κ2) is 9.54. The molecule has 7 heteroatoms. The molecule has 2 aromatic rings. The predicted octanol–water partition coefficient (Wildman–Crippen LogP) is 3.89. The average molecular weight is 443 g/mol. The summed E-state index contributed by atoms with van der Waals surface area (Å²) >= 11 is 6.10. The number of rotatable bonds is 7. The number of hydrogen-bond donors (Lipinski definition) is 1. The number of aliphatic hydroxyl groups is 1. The van der Waals surface area contributed by atoms with Crippen LogP contribution in [0.1, 0.15) is 29.7 Å². The third kappa shape index (κ3) is 4.60. The summed E-state index contributed by atoms with van der Waals surface area (Å²) < 4.78 is 5.24. The maximum absolute atomic E-state index is 13.0. The van der Waals surface area contributed by atoms with Crippen molar-refractivity contribution in [1.82, 2.24) is 9.80 Å². The van der Waals surface area contributed by atoms with Crippen LogP contribution < -0.4 is 4.74 Å². The second-order valence-electron chi connectivity index (χ2n) is 7.74. The zero-order chi connectivity index (χ0) is 22.7. The highest BCUT2D eigenvalue weighted by molar-refractivity contribution is 6.46. The molecule has 1 heterocycles. The lowest BCUT2D eigenvalue weighted by Gasteiger charge is -2.26. The number of amides is 1. The summed E-state index contributed by atoms with van der Waals surface area (Å²) in [6.45, 7) is 3.01. The van der Waals surface area contributed by atoms with Gasteiger partial charge in [-0.05, 0) is 49.8 Å². The summed E-state index contributed by atoms with van der Waals surface area (Å²) in [6, 6.07) is 11.9. The zero-order valence-electron chi connectivity index (χ0n) is 18.2. The first-order valence-electron chi connectivity index (χ1n) is 10.1. The van der Waals surface area contributed by atoms with Gasteiger partial charge in [-0.1, -0.05) is 42.8 Å². The maximum atomic E-state index is 13.0. The van der Waals surface area contributed by atoms with Gasteiger partial charge in [0.1, 0.15) is 11.5 Å². The Morgan fingerprint density at radius 1 is 1.16 bits per heavy atom. The number of carbonyl (C=O) groups excluding carboxylic acids is 2. The molecule has 31 heavy (non-hydrogen) atoms. The van der Waals surface area contributed by atoms with Gasteiger partial charge in [-0.3, -0.25) is 9.59 Å². The summed E-state index contributed by atoms with van der Waals surface area (Å²) in [5.41, 5.74) is 2.36. The summed E-state index contributed by atoms with van der Waals surface area (Å²) in [6.07, 6.45) is 0.881. The van der Waals surface area contributed by atoms with Gasteiger partial charge in [-0.2, -0.15) is 0 Å². The average Bonchev–Trinajstić information content (AvgIpc) is 3.02. The van der Waals surface area contributed by atoms with Crippen molar-refractivity contribution in [1.29, 1.82) is 0 Å². The number of aliphatic hydroxyl groups excluding tert-OH is 1. The van der Waals surface area contributed by atoms with E-state index in [0.717, 1.165) is 17.5 Å². The summed E-state index contributed by atoms with van der Waals surface area (Å²) in [5.74, 6) is -1.19. The number of likely N-dealkylation sites (N-methyl/N-ethyl adjacent to an activating group) is 1. The first kappa shape index (κ1) is 22.8. The maximum Gasteiger partial charge on any atom is 0.295 e. The lowest BCUT2D eigenvalue weighted by Crippen LogP contribution is -2.35. The molecule has 1 saturated heterocycles. The summed E-state index contributed by atoms with van der Waals surface area (Å²) in [7, 11) is 5.28. The van der Waals surface area contributed by atoms with Gasteiger partial charge in [0.2, 0.25) is 0 Å². The fourth-order valence-electron chi connectivity index (χ4n) is 3.66. The number of likely N-dealkylation sites (tertiary alicyclic amines) is 1. The molecule has 1 aliphatic heterocycles. The van der Waals surface area contributed by atoms with Gasteiger partial charge in [0.25, 0.3) is 11.7 Å². The Kier molecular flexibility index (Phi) is 7.03. The highest BCUT2D eigenvalue weighted by Gasteiger charge is 2.45. The molecule has 0 saturated carbocycles. The van der Waals surface area contributed by atoms with Gasteiger partial charge < -0.3 is 19.6 Å². The fraction of sp³-hybridized carbons (Fsp3) is 0.333. The molecule has 0 bridgehead atoms. The normalized spacial score (nSPS) is 18.1. The molecule has 1 N–H and O–H groups in total. The van der Waals surface area contributed by atoms with Gasteiger partial charge in [0.05, 0.1) is 23.7 Å². The van der Waals surface area contributed by atoms with Crippen LogP contribution in [0.2, 0.25) is 5.02 Å². The fourth-order valence-corrected chi connectivity index (χ4v) is 3.86. The standard InChI is InChI=1S/C24H27ClN2O4/c1-5-15-6-8-16(9-7-15)21-20(23(29)24(30)27(21)13-12-26(2)3)22(28)17-10-11-18(25)19(14-17)31-4/h6-11,14,21,28H,5,12-13H2,1-4H3/b22-20-. The van der Waals surface area contributed by atoms with Crippen LogP contribution in [0.5, 0.6) is 5.75 Å². The van der Waals surface area contributed by atoms with Crippen molar-refractivity contribution in [3.05, 3.63) is 69.8 Å². The minimum Gasteiger partial charge on any atom is -0.507 e. The van der Waals surface area contributed by atoms with E-state index in [2.05, 4.69) is 6.92 Å². The molecular formula is C24H27ClN2O4. The molecule has 0 aliphatic carbocycles. The molecule has 1 fully saturated rings. The number of carbonyl (C=O) groups is 2. The zero-order valence-corrected chi connectivity index (χ0v) is 18.9. The third-order valence-corrected chi connectivity index (χ3v) is 5.77. The molecule has 1 aliphatic rings. The molecule has 1 amide bonds. The van der Waals surface area contributed by atoms with E-state index in [1.54, 1.807) is 18.2 Å². The van der Waals surface area contributed by atoms with E-state index in [1.165, 1.54) is 12.0 Å². The van der Waals surface area contributed by atoms with E-state index in [-0.39, 0.29) is 11.3 Å². The summed E-state index contributed by atoms with van der Waals surface area (Å²) in [5, 5.41) is 11.5. The molecule has 1 atom stereocenters. The minimum absolute atomic E-state index is 0.0670. The SMILES string of the molecule is CCc1ccc(C2/C(=C(/O)c3ccc(Cl)c(OC)c3)C(=O)C(=O)N2CCN(C)C)cc1. The van der Waals surface area contributed by atoms with Crippen molar-refractivity contribution < 1.29 is 19.4 Å². The van der Waals surface area contributed by atoms with Crippen LogP contribution in [-0.2, 0) is 16.0 Å². The number of ether oxygens (including phenoxy) is 1.